The molecule has 0 aliphatic carbocycles. The molecule has 0 fully saturated rings. The van der Waals surface area contributed by atoms with E-state index in [9.17, 15) is 4.79 Å². The monoisotopic (exact) mass is 316 g/mol. The molecule has 1 aromatic rings. The van der Waals surface area contributed by atoms with E-state index in [1.54, 1.807) is 24.1 Å². The van der Waals surface area contributed by atoms with Crippen molar-refractivity contribution in [1.82, 2.24) is 4.90 Å². The van der Waals surface area contributed by atoms with Gasteiger partial charge in [0.15, 0.2) is 0 Å². The molecule has 0 bridgehead atoms. The van der Waals surface area contributed by atoms with Gasteiger partial charge in [0.25, 0.3) is 0 Å². The maximum atomic E-state index is 12.4. The summed E-state index contributed by atoms with van der Waals surface area (Å²) in [5.74, 6) is 0.0778. The normalized spacial score (nSPS) is 13.9. The lowest BCUT2D eigenvalue weighted by Gasteiger charge is -2.28. The summed E-state index contributed by atoms with van der Waals surface area (Å²) in [6.07, 6.45) is 1.66. The second-order valence-corrected chi connectivity index (χ2v) is 5.97. The van der Waals surface area contributed by atoms with Gasteiger partial charge >= 0.3 is 0 Å². The minimum absolute atomic E-state index is 0.0305. The maximum Gasteiger partial charge on any atom is 0.225 e. The van der Waals surface area contributed by atoms with E-state index in [4.69, 9.17) is 28.9 Å². The Balaban J connectivity index is 2.80. The zero-order valence-electron chi connectivity index (χ0n) is 12.2. The van der Waals surface area contributed by atoms with Crippen LogP contribution in [0.5, 0.6) is 0 Å². The van der Waals surface area contributed by atoms with E-state index in [1.807, 2.05) is 19.9 Å². The van der Waals surface area contributed by atoms with Crippen molar-refractivity contribution in [3.63, 3.8) is 0 Å². The topological polar surface area (TPSA) is 46.3 Å². The van der Waals surface area contributed by atoms with E-state index in [1.165, 1.54) is 0 Å². The zero-order valence-corrected chi connectivity index (χ0v) is 13.7. The largest absolute Gasteiger partial charge is 0.339 e. The molecule has 5 heteroatoms. The van der Waals surface area contributed by atoms with Crippen molar-refractivity contribution in [2.75, 3.05) is 13.6 Å². The molecule has 112 valence electrons. The summed E-state index contributed by atoms with van der Waals surface area (Å²) in [5.41, 5.74) is 6.38. The van der Waals surface area contributed by atoms with Crippen LogP contribution in [0.2, 0.25) is 10.0 Å². The Morgan fingerprint density at radius 1 is 1.35 bits per heavy atom. The number of amides is 1. The van der Waals surface area contributed by atoms with E-state index in [2.05, 4.69) is 0 Å². The molecular formula is C15H22Cl2N2O. The Bertz CT molecular complexity index is 465. The Hall–Kier alpha value is -0.770. The first kappa shape index (κ1) is 17.3. The van der Waals surface area contributed by atoms with Crippen LogP contribution in [-0.2, 0) is 4.79 Å². The fourth-order valence-corrected chi connectivity index (χ4v) is 2.70. The van der Waals surface area contributed by atoms with Crippen LogP contribution in [0.15, 0.2) is 18.2 Å². The number of nitrogens with zero attached hydrogens (tertiary/aromatic N) is 1. The number of nitrogens with two attached hydrogens (primary N) is 1. The third kappa shape index (κ3) is 4.37. The fraction of sp³-hybridized carbons (Fsp3) is 0.533. The molecule has 1 aromatic carbocycles. The summed E-state index contributed by atoms with van der Waals surface area (Å²) in [4.78, 5) is 14.1. The van der Waals surface area contributed by atoms with E-state index >= 15 is 0 Å². The van der Waals surface area contributed by atoms with Gasteiger partial charge in [-0.3, -0.25) is 4.79 Å². The molecule has 0 aliphatic rings. The predicted molar refractivity (Wildman–Crippen MR) is 85.1 cm³/mol. The SMILES string of the molecule is CC(CCCN)C(=O)N(C)C(C)c1ccc(Cl)cc1Cl. The van der Waals surface area contributed by atoms with Gasteiger partial charge in [-0.15, -0.1) is 0 Å². The first-order valence-corrected chi connectivity index (χ1v) is 7.55. The van der Waals surface area contributed by atoms with Gasteiger partial charge in [-0.1, -0.05) is 36.2 Å². The summed E-state index contributed by atoms with van der Waals surface area (Å²) in [6, 6.07) is 5.26. The van der Waals surface area contributed by atoms with Crippen molar-refractivity contribution < 1.29 is 4.79 Å². The molecule has 0 aromatic heterocycles. The second-order valence-electron chi connectivity index (χ2n) is 5.12. The Morgan fingerprint density at radius 3 is 2.55 bits per heavy atom. The highest BCUT2D eigenvalue weighted by molar-refractivity contribution is 6.35. The number of rotatable bonds is 6. The lowest BCUT2D eigenvalue weighted by Crippen LogP contribution is -2.34. The molecule has 2 atom stereocenters. The molecule has 1 rings (SSSR count). The summed E-state index contributed by atoms with van der Waals surface area (Å²) < 4.78 is 0. The second kappa shape index (κ2) is 7.87. The summed E-state index contributed by atoms with van der Waals surface area (Å²) in [5, 5.41) is 1.18. The fourth-order valence-electron chi connectivity index (χ4n) is 2.13. The van der Waals surface area contributed by atoms with Gasteiger partial charge in [0.2, 0.25) is 5.91 Å². The minimum atomic E-state index is -0.0902. The summed E-state index contributed by atoms with van der Waals surface area (Å²) >= 11 is 12.1. The molecular weight excluding hydrogens is 295 g/mol. The third-order valence-corrected chi connectivity index (χ3v) is 4.17. The lowest BCUT2D eigenvalue weighted by molar-refractivity contribution is -0.135. The number of carbonyl (C=O) groups excluding carboxylic acids is 1. The van der Waals surface area contributed by atoms with Crippen molar-refractivity contribution in [1.29, 1.82) is 0 Å². The number of carbonyl (C=O) groups is 1. The minimum Gasteiger partial charge on any atom is -0.339 e. The van der Waals surface area contributed by atoms with Gasteiger partial charge in [0.1, 0.15) is 0 Å². The molecule has 0 saturated heterocycles. The van der Waals surface area contributed by atoms with Crippen molar-refractivity contribution in [3.05, 3.63) is 33.8 Å². The van der Waals surface area contributed by atoms with E-state index < -0.39 is 0 Å². The highest BCUT2D eigenvalue weighted by Crippen LogP contribution is 2.30. The standard InChI is InChI=1S/C15H22Cl2N2O/c1-10(5-4-8-18)15(20)19(3)11(2)13-7-6-12(16)9-14(13)17/h6-7,9-11H,4-5,8,18H2,1-3H3. The van der Waals surface area contributed by atoms with Crippen LogP contribution in [0.1, 0.15) is 38.3 Å². The maximum absolute atomic E-state index is 12.4. The van der Waals surface area contributed by atoms with Gasteiger partial charge in [0, 0.05) is 23.0 Å². The molecule has 0 radical (unpaired) electrons. The Morgan fingerprint density at radius 2 is 2.00 bits per heavy atom. The van der Waals surface area contributed by atoms with Crippen LogP contribution in [0.4, 0.5) is 0 Å². The van der Waals surface area contributed by atoms with E-state index in [0.29, 0.717) is 16.6 Å². The Labute approximate surface area is 131 Å². The van der Waals surface area contributed by atoms with Crippen molar-refractivity contribution in [3.8, 4) is 0 Å². The molecule has 0 spiro atoms. The number of hydrogen-bond donors (Lipinski definition) is 1. The number of halogens is 2. The molecule has 2 N–H and O–H groups in total. The van der Waals surface area contributed by atoms with Gasteiger partial charge in [0.05, 0.1) is 6.04 Å². The van der Waals surface area contributed by atoms with Crippen molar-refractivity contribution in [2.24, 2.45) is 11.7 Å². The molecule has 3 nitrogen and oxygen atoms in total. The Kier molecular flexibility index (Phi) is 6.80. The first-order chi connectivity index (χ1) is 9.38. The van der Waals surface area contributed by atoms with Crippen LogP contribution < -0.4 is 5.73 Å². The quantitative estimate of drug-likeness (QED) is 0.865. The third-order valence-electron chi connectivity index (χ3n) is 3.60. The average molecular weight is 317 g/mol. The highest BCUT2D eigenvalue weighted by atomic mass is 35.5. The zero-order chi connectivity index (χ0) is 15.3. The van der Waals surface area contributed by atoms with Crippen molar-refractivity contribution in [2.45, 2.75) is 32.7 Å². The summed E-state index contributed by atoms with van der Waals surface area (Å²) in [6.45, 7) is 4.51. The lowest BCUT2D eigenvalue weighted by atomic mass is 10.0. The van der Waals surface area contributed by atoms with Crippen molar-refractivity contribution >= 4 is 29.1 Å². The highest BCUT2D eigenvalue weighted by Gasteiger charge is 2.23. The molecule has 0 aliphatic heterocycles. The average Bonchev–Trinajstić information content (AvgIpc) is 2.42. The van der Waals surface area contributed by atoms with Crippen LogP contribution >= 0.6 is 23.2 Å². The first-order valence-electron chi connectivity index (χ1n) is 6.80. The van der Waals surface area contributed by atoms with E-state index in [-0.39, 0.29) is 17.9 Å². The molecule has 2 unspecified atom stereocenters. The molecule has 0 heterocycles. The molecule has 20 heavy (non-hydrogen) atoms. The number of benzene rings is 1. The molecule has 0 saturated carbocycles. The summed E-state index contributed by atoms with van der Waals surface area (Å²) in [7, 11) is 1.80. The predicted octanol–water partition coefficient (Wildman–Crippen LogP) is 3.89. The van der Waals surface area contributed by atoms with Gasteiger partial charge in [-0.25, -0.2) is 0 Å². The van der Waals surface area contributed by atoms with Crippen LogP contribution in [0.25, 0.3) is 0 Å². The smallest absolute Gasteiger partial charge is 0.225 e. The van der Waals surface area contributed by atoms with Gasteiger partial charge in [-0.2, -0.15) is 0 Å². The number of hydrogen-bond acceptors (Lipinski definition) is 2. The molecule has 1 amide bonds. The van der Waals surface area contributed by atoms with Gasteiger partial charge < -0.3 is 10.6 Å². The van der Waals surface area contributed by atoms with Crippen LogP contribution in [0, 0.1) is 5.92 Å². The van der Waals surface area contributed by atoms with Crippen LogP contribution in [-0.4, -0.2) is 24.4 Å². The van der Waals surface area contributed by atoms with Gasteiger partial charge in [-0.05, 0) is 44.0 Å². The van der Waals surface area contributed by atoms with Crippen LogP contribution in [0.3, 0.4) is 0 Å². The van der Waals surface area contributed by atoms with E-state index in [0.717, 1.165) is 18.4 Å².